The van der Waals surface area contributed by atoms with Crippen molar-refractivity contribution >= 4 is 39.2 Å². The van der Waals surface area contributed by atoms with Crippen LogP contribution in [-0.4, -0.2) is 34.1 Å². The number of imide groups is 1. The lowest BCUT2D eigenvalue weighted by Crippen LogP contribution is -2.44. The van der Waals surface area contributed by atoms with Crippen LogP contribution in [0.15, 0.2) is 15.9 Å². The number of urea groups is 1. The molecule has 1 atom stereocenters. The zero-order chi connectivity index (χ0) is 14.4. The second kappa shape index (κ2) is 4.57. The van der Waals surface area contributed by atoms with Crippen molar-refractivity contribution in [1.29, 1.82) is 0 Å². The minimum Gasteiger partial charge on any atom is -0.389 e. The zero-order valence-corrected chi connectivity index (χ0v) is 13.3. The minimum atomic E-state index is -1.12. The maximum atomic E-state index is 12.4. The van der Waals surface area contributed by atoms with Gasteiger partial charge in [-0.25, -0.2) is 4.79 Å². The Balaban J connectivity index is 2.31. The molecule has 1 aliphatic rings. The standard InChI is InChI=1S/C12H15BrN2O3S/c1-11(2,18)6-15-9(16)12(3,14-10(15)17)7-4-5-8(13)19-7/h4-5,18H,6H2,1-3H3,(H,14,17). The first kappa shape index (κ1) is 14.5. The molecule has 2 N–H and O–H groups in total. The van der Waals surface area contributed by atoms with Crippen LogP contribution in [-0.2, 0) is 10.3 Å². The van der Waals surface area contributed by atoms with E-state index in [0.29, 0.717) is 0 Å². The molecule has 19 heavy (non-hydrogen) atoms. The van der Waals surface area contributed by atoms with Crippen molar-refractivity contribution in [1.82, 2.24) is 10.2 Å². The molecule has 2 rings (SSSR count). The van der Waals surface area contributed by atoms with Gasteiger partial charge >= 0.3 is 6.03 Å². The van der Waals surface area contributed by atoms with E-state index >= 15 is 0 Å². The van der Waals surface area contributed by atoms with Crippen molar-refractivity contribution in [3.63, 3.8) is 0 Å². The Morgan fingerprint density at radius 2 is 2.11 bits per heavy atom. The van der Waals surface area contributed by atoms with E-state index in [-0.39, 0.29) is 12.5 Å². The van der Waals surface area contributed by atoms with Crippen LogP contribution in [0.5, 0.6) is 0 Å². The van der Waals surface area contributed by atoms with Crippen LogP contribution in [0.1, 0.15) is 25.6 Å². The summed E-state index contributed by atoms with van der Waals surface area (Å²) in [6, 6.07) is 3.17. The van der Waals surface area contributed by atoms with Gasteiger partial charge in [0.15, 0.2) is 5.54 Å². The summed E-state index contributed by atoms with van der Waals surface area (Å²) in [6.45, 7) is 4.77. The predicted molar refractivity (Wildman–Crippen MR) is 75.9 cm³/mol. The molecule has 7 heteroatoms. The lowest BCUT2D eigenvalue weighted by molar-refractivity contribution is -0.133. The molecule has 1 aliphatic heterocycles. The summed E-state index contributed by atoms with van der Waals surface area (Å²) in [5, 5.41) is 12.5. The van der Waals surface area contributed by atoms with E-state index in [1.807, 2.05) is 6.07 Å². The van der Waals surface area contributed by atoms with Gasteiger partial charge in [0, 0.05) is 4.88 Å². The van der Waals surface area contributed by atoms with Crippen LogP contribution in [0.2, 0.25) is 0 Å². The first-order chi connectivity index (χ1) is 8.63. The monoisotopic (exact) mass is 346 g/mol. The number of carbonyl (C=O) groups is 2. The van der Waals surface area contributed by atoms with Gasteiger partial charge in [-0.15, -0.1) is 11.3 Å². The molecule has 1 fully saturated rings. The highest BCUT2D eigenvalue weighted by atomic mass is 79.9. The zero-order valence-electron chi connectivity index (χ0n) is 10.9. The Hall–Kier alpha value is -0.920. The van der Waals surface area contributed by atoms with Crippen molar-refractivity contribution < 1.29 is 14.7 Å². The fourth-order valence-electron chi connectivity index (χ4n) is 1.98. The van der Waals surface area contributed by atoms with Crippen molar-refractivity contribution in [2.45, 2.75) is 31.9 Å². The Morgan fingerprint density at radius 3 is 2.58 bits per heavy atom. The molecule has 5 nitrogen and oxygen atoms in total. The summed E-state index contributed by atoms with van der Waals surface area (Å²) in [7, 11) is 0. The van der Waals surface area contributed by atoms with Gasteiger partial charge in [-0.3, -0.25) is 9.69 Å². The second-order valence-corrected chi connectivity index (χ2v) is 7.83. The fraction of sp³-hybridized carbons (Fsp3) is 0.500. The van der Waals surface area contributed by atoms with Gasteiger partial charge in [0.1, 0.15) is 0 Å². The number of aliphatic hydroxyl groups is 1. The molecule has 0 radical (unpaired) electrons. The number of nitrogens with zero attached hydrogens (tertiary/aromatic N) is 1. The molecule has 0 bridgehead atoms. The first-order valence-electron chi connectivity index (χ1n) is 5.76. The topological polar surface area (TPSA) is 69.6 Å². The van der Waals surface area contributed by atoms with Crippen LogP contribution in [0.4, 0.5) is 4.79 Å². The van der Waals surface area contributed by atoms with E-state index in [1.165, 1.54) is 11.3 Å². The number of hydrogen-bond acceptors (Lipinski definition) is 4. The molecule has 1 unspecified atom stereocenters. The number of thiophene rings is 1. The average Bonchev–Trinajstić information content (AvgIpc) is 2.77. The molecule has 3 amide bonds. The number of carbonyl (C=O) groups excluding carboxylic acids is 2. The molecular formula is C12H15BrN2O3S. The molecule has 0 saturated carbocycles. The molecule has 104 valence electrons. The lowest BCUT2D eigenvalue weighted by atomic mass is 10.00. The SMILES string of the molecule is CC(C)(O)CN1C(=O)NC(C)(c2ccc(Br)s2)C1=O. The highest BCUT2D eigenvalue weighted by Gasteiger charge is 2.50. The van der Waals surface area contributed by atoms with Gasteiger partial charge in [-0.2, -0.15) is 0 Å². The average molecular weight is 347 g/mol. The van der Waals surface area contributed by atoms with Crippen molar-refractivity contribution in [2.24, 2.45) is 0 Å². The smallest absolute Gasteiger partial charge is 0.325 e. The van der Waals surface area contributed by atoms with Crippen molar-refractivity contribution in [2.75, 3.05) is 6.54 Å². The third-order valence-electron chi connectivity index (χ3n) is 2.89. The Bertz CT molecular complexity index is 537. The number of rotatable bonds is 3. The minimum absolute atomic E-state index is 0.0280. The van der Waals surface area contributed by atoms with Crippen LogP contribution in [0.25, 0.3) is 0 Å². The van der Waals surface area contributed by atoms with E-state index in [0.717, 1.165) is 13.6 Å². The maximum absolute atomic E-state index is 12.4. The molecule has 1 aromatic heterocycles. The molecule has 1 saturated heterocycles. The number of nitrogens with one attached hydrogen (secondary N) is 1. The molecular weight excluding hydrogens is 332 g/mol. The van der Waals surface area contributed by atoms with Gasteiger partial charge in [-0.1, -0.05) is 0 Å². The lowest BCUT2D eigenvalue weighted by Gasteiger charge is -2.24. The van der Waals surface area contributed by atoms with Crippen molar-refractivity contribution in [3.05, 3.63) is 20.8 Å². The maximum Gasteiger partial charge on any atom is 0.325 e. The van der Waals surface area contributed by atoms with Gasteiger partial charge < -0.3 is 10.4 Å². The third kappa shape index (κ3) is 2.68. The quantitative estimate of drug-likeness (QED) is 0.823. The van der Waals surface area contributed by atoms with Gasteiger partial charge in [0.05, 0.1) is 15.9 Å². The van der Waals surface area contributed by atoms with Gasteiger partial charge in [-0.05, 0) is 48.8 Å². The van der Waals surface area contributed by atoms with E-state index in [1.54, 1.807) is 26.8 Å². The van der Waals surface area contributed by atoms with Crippen LogP contribution in [0, 0.1) is 0 Å². The third-order valence-corrected chi connectivity index (χ3v) is 4.73. The van der Waals surface area contributed by atoms with Crippen LogP contribution >= 0.6 is 27.3 Å². The summed E-state index contributed by atoms with van der Waals surface area (Å²) in [5.41, 5.74) is -2.17. The van der Waals surface area contributed by atoms with E-state index in [9.17, 15) is 14.7 Å². The molecule has 2 heterocycles. The molecule has 0 aliphatic carbocycles. The number of β-amino-alcohol motifs (C(OH)–C–C–N with tert-alkyl or cyclic N) is 1. The largest absolute Gasteiger partial charge is 0.389 e. The number of halogens is 1. The number of hydrogen-bond donors (Lipinski definition) is 2. The Kier molecular flexibility index (Phi) is 3.49. The predicted octanol–water partition coefficient (Wildman–Crippen LogP) is 2.05. The summed E-state index contributed by atoms with van der Waals surface area (Å²) in [6.07, 6.45) is 0. The van der Waals surface area contributed by atoms with Crippen LogP contribution in [0.3, 0.4) is 0 Å². The Labute approximate surface area is 123 Å². The molecule has 0 aromatic carbocycles. The number of amides is 3. The van der Waals surface area contributed by atoms with Gasteiger partial charge in [0.25, 0.3) is 5.91 Å². The second-order valence-electron chi connectivity index (χ2n) is 5.36. The summed E-state index contributed by atoms with van der Waals surface area (Å²) in [4.78, 5) is 26.2. The molecule has 1 aromatic rings. The Morgan fingerprint density at radius 1 is 1.47 bits per heavy atom. The van der Waals surface area contributed by atoms with E-state index in [2.05, 4.69) is 21.2 Å². The highest BCUT2D eigenvalue weighted by Crippen LogP contribution is 2.35. The fourth-order valence-corrected chi connectivity index (χ4v) is 3.46. The summed E-state index contributed by atoms with van der Waals surface area (Å²) in [5.74, 6) is -0.339. The van der Waals surface area contributed by atoms with E-state index in [4.69, 9.17) is 0 Å². The summed E-state index contributed by atoms with van der Waals surface area (Å²) >= 11 is 4.74. The summed E-state index contributed by atoms with van der Waals surface area (Å²) < 4.78 is 0.895. The first-order valence-corrected chi connectivity index (χ1v) is 7.37. The normalized spacial score (nSPS) is 23.9. The highest BCUT2D eigenvalue weighted by molar-refractivity contribution is 9.11. The molecule has 0 spiro atoms. The van der Waals surface area contributed by atoms with Crippen LogP contribution < -0.4 is 5.32 Å². The van der Waals surface area contributed by atoms with E-state index < -0.39 is 17.2 Å². The van der Waals surface area contributed by atoms with Gasteiger partial charge in [0.2, 0.25) is 0 Å². The van der Waals surface area contributed by atoms with Crippen molar-refractivity contribution in [3.8, 4) is 0 Å².